The summed E-state index contributed by atoms with van der Waals surface area (Å²) < 4.78 is 0. The van der Waals surface area contributed by atoms with Crippen molar-refractivity contribution >= 4 is 5.91 Å². The summed E-state index contributed by atoms with van der Waals surface area (Å²) in [6.45, 7) is 3.75. The van der Waals surface area contributed by atoms with Crippen LogP contribution in [0.15, 0.2) is 60.7 Å². The summed E-state index contributed by atoms with van der Waals surface area (Å²) in [5, 5.41) is 0. The van der Waals surface area contributed by atoms with E-state index < -0.39 is 0 Å². The number of piperazine rings is 3. The molecule has 0 saturated carbocycles. The fourth-order valence-electron chi connectivity index (χ4n) is 3.79. The Balaban J connectivity index is 1.79. The number of rotatable bonds is 3. The smallest absolute Gasteiger partial charge is 0.241 e. The SMILES string of the molecule is O=C1C(C(c2ccccc2)c2ccccc2)N2CCN1CC2. The Morgan fingerprint density at radius 1 is 0.773 bits per heavy atom. The Hall–Kier alpha value is -2.13. The molecule has 112 valence electrons. The number of hydrogen-bond donors (Lipinski definition) is 0. The molecule has 3 aliphatic rings. The maximum absolute atomic E-state index is 12.9. The Kier molecular flexibility index (Phi) is 3.43. The van der Waals surface area contributed by atoms with Crippen LogP contribution in [0.2, 0.25) is 0 Å². The van der Waals surface area contributed by atoms with Crippen molar-refractivity contribution in [1.82, 2.24) is 9.80 Å². The normalized spacial score (nSPS) is 24.0. The van der Waals surface area contributed by atoms with E-state index in [1.54, 1.807) is 0 Å². The summed E-state index contributed by atoms with van der Waals surface area (Å²) in [5.74, 6) is 0.396. The second-order valence-corrected chi connectivity index (χ2v) is 6.11. The van der Waals surface area contributed by atoms with E-state index in [1.807, 2.05) is 17.0 Å². The summed E-state index contributed by atoms with van der Waals surface area (Å²) in [6.07, 6.45) is 0. The highest BCUT2D eigenvalue weighted by Gasteiger charge is 2.44. The first-order valence-corrected chi connectivity index (χ1v) is 7.97. The first kappa shape index (κ1) is 13.5. The highest BCUT2D eigenvalue weighted by molar-refractivity contribution is 5.85. The molecule has 2 bridgehead atoms. The molecule has 3 aliphatic heterocycles. The largest absolute Gasteiger partial charge is 0.339 e. The van der Waals surface area contributed by atoms with Crippen LogP contribution in [0.5, 0.6) is 0 Å². The van der Waals surface area contributed by atoms with Crippen molar-refractivity contribution in [3.8, 4) is 0 Å². The number of benzene rings is 2. The summed E-state index contributed by atoms with van der Waals surface area (Å²) in [7, 11) is 0. The topological polar surface area (TPSA) is 23.6 Å². The lowest BCUT2D eigenvalue weighted by atomic mass is 9.82. The van der Waals surface area contributed by atoms with Crippen LogP contribution in [-0.2, 0) is 4.79 Å². The van der Waals surface area contributed by atoms with Crippen molar-refractivity contribution in [2.45, 2.75) is 12.0 Å². The van der Waals surface area contributed by atoms with Gasteiger partial charge in [-0.05, 0) is 11.1 Å². The van der Waals surface area contributed by atoms with Crippen LogP contribution in [-0.4, -0.2) is 47.9 Å². The molecule has 0 N–H and O–H groups in total. The van der Waals surface area contributed by atoms with Gasteiger partial charge in [-0.2, -0.15) is 0 Å². The van der Waals surface area contributed by atoms with Crippen LogP contribution in [0.1, 0.15) is 17.0 Å². The van der Waals surface area contributed by atoms with Crippen molar-refractivity contribution < 1.29 is 4.79 Å². The number of amides is 1. The van der Waals surface area contributed by atoms with E-state index in [9.17, 15) is 4.79 Å². The van der Waals surface area contributed by atoms with E-state index >= 15 is 0 Å². The monoisotopic (exact) mass is 292 g/mol. The van der Waals surface area contributed by atoms with Crippen LogP contribution < -0.4 is 0 Å². The standard InChI is InChI=1S/C19H20N2O/c22-19-18(20-11-13-21(19)14-12-20)17(15-7-3-1-4-8-15)16-9-5-2-6-10-16/h1-10,17-18H,11-14H2. The molecule has 3 nitrogen and oxygen atoms in total. The molecule has 3 heteroatoms. The van der Waals surface area contributed by atoms with Crippen molar-refractivity contribution in [1.29, 1.82) is 0 Å². The van der Waals surface area contributed by atoms with Gasteiger partial charge in [0.15, 0.2) is 0 Å². The molecule has 22 heavy (non-hydrogen) atoms. The number of carbonyl (C=O) groups is 1. The molecule has 5 rings (SSSR count). The van der Waals surface area contributed by atoms with Crippen LogP contribution in [0.4, 0.5) is 0 Å². The Labute approximate surface area is 131 Å². The van der Waals surface area contributed by atoms with Gasteiger partial charge in [0.1, 0.15) is 6.04 Å². The average molecular weight is 292 g/mol. The Bertz CT molecular complexity index is 608. The van der Waals surface area contributed by atoms with Crippen molar-refractivity contribution in [3.63, 3.8) is 0 Å². The molecule has 2 aromatic rings. The van der Waals surface area contributed by atoms with Crippen molar-refractivity contribution in [3.05, 3.63) is 71.8 Å². The van der Waals surface area contributed by atoms with E-state index in [-0.39, 0.29) is 17.9 Å². The van der Waals surface area contributed by atoms with Gasteiger partial charge in [0, 0.05) is 32.1 Å². The lowest BCUT2D eigenvalue weighted by Gasteiger charge is -2.49. The zero-order valence-corrected chi connectivity index (χ0v) is 12.6. The summed E-state index contributed by atoms with van der Waals surface area (Å²) in [5.41, 5.74) is 2.45. The van der Waals surface area contributed by atoms with Gasteiger partial charge in [-0.25, -0.2) is 0 Å². The highest BCUT2D eigenvalue weighted by atomic mass is 16.2. The quantitative estimate of drug-likeness (QED) is 0.867. The number of hydrogen-bond acceptors (Lipinski definition) is 2. The minimum Gasteiger partial charge on any atom is -0.339 e. The van der Waals surface area contributed by atoms with Crippen molar-refractivity contribution in [2.24, 2.45) is 0 Å². The van der Waals surface area contributed by atoms with E-state index in [4.69, 9.17) is 0 Å². The molecule has 1 amide bonds. The molecule has 0 aliphatic carbocycles. The first-order chi connectivity index (χ1) is 10.8. The fourth-order valence-corrected chi connectivity index (χ4v) is 3.79. The third kappa shape index (κ3) is 2.22. The fraction of sp³-hybridized carbons (Fsp3) is 0.316. The van der Waals surface area contributed by atoms with E-state index in [1.165, 1.54) is 11.1 Å². The summed E-state index contributed by atoms with van der Waals surface area (Å²) in [6, 6.07) is 20.8. The van der Waals surface area contributed by atoms with Crippen molar-refractivity contribution in [2.75, 3.05) is 26.2 Å². The summed E-state index contributed by atoms with van der Waals surface area (Å²) in [4.78, 5) is 17.3. The van der Waals surface area contributed by atoms with Crippen LogP contribution in [0, 0.1) is 0 Å². The first-order valence-electron chi connectivity index (χ1n) is 7.97. The summed E-state index contributed by atoms with van der Waals surface area (Å²) >= 11 is 0. The van der Waals surface area contributed by atoms with Crippen LogP contribution >= 0.6 is 0 Å². The van der Waals surface area contributed by atoms with Gasteiger partial charge >= 0.3 is 0 Å². The third-order valence-corrected chi connectivity index (χ3v) is 4.91. The minimum absolute atomic E-state index is 0.0627. The maximum atomic E-state index is 12.9. The lowest BCUT2D eigenvalue weighted by molar-refractivity contribution is -0.149. The van der Waals surface area contributed by atoms with Gasteiger partial charge < -0.3 is 4.90 Å². The Morgan fingerprint density at radius 3 is 1.73 bits per heavy atom. The molecule has 3 fully saturated rings. The molecule has 3 heterocycles. The molecule has 0 aromatic heterocycles. The number of fused-ring (bicyclic) bond motifs is 3. The van der Waals surface area contributed by atoms with E-state index in [0.29, 0.717) is 0 Å². The van der Waals surface area contributed by atoms with Gasteiger partial charge in [0.25, 0.3) is 0 Å². The number of carbonyl (C=O) groups excluding carboxylic acids is 1. The average Bonchev–Trinajstić information content (AvgIpc) is 2.60. The predicted molar refractivity (Wildman–Crippen MR) is 86.7 cm³/mol. The highest BCUT2D eigenvalue weighted by Crippen LogP contribution is 2.35. The number of nitrogens with zero attached hydrogens (tertiary/aromatic N) is 2. The molecule has 2 aromatic carbocycles. The molecule has 0 spiro atoms. The zero-order valence-electron chi connectivity index (χ0n) is 12.6. The molecule has 3 saturated heterocycles. The second-order valence-electron chi connectivity index (χ2n) is 6.11. The molecular formula is C19H20N2O. The Morgan fingerprint density at radius 2 is 1.27 bits per heavy atom. The van der Waals surface area contributed by atoms with Crippen LogP contribution in [0.25, 0.3) is 0 Å². The van der Waals surface area contributed by atoms with Gasteiger partial charge in [-0.15, -0.1) is 0 Å². The van der Waals surface area contributed by atoms with Crippen LogP contribution in [0.3, 0.4) is 0 Å². The second kappa shape index (κ2) is 5.58. The third-order valence-electron chi connectivity index (χ3n) is 4.91. The van der Waals surface area contributed by atoms with E-state index in [2.05, 4.69) is 53.4 Å². The van der Waals surface area contributed by atoms with E-state index in [0.717, 1.165) is 26.2 Å². The van der Waals surface area contributed by atoms with Gasteiger partial charge in [-0.3, -0.25) is 9.69 Å². The predicted octanol–water partition coefficient (Wildman–Crippen LogP) is 2.34. The lowest BCUT2D eigenvalue weighted by Crippen LogP contribution is -2.65. The maximum Gasteiger partial charge on any atom is 0.241 e. The molecule has 0 radical (unpaired) electrons. The van der Waals surface area contributed by atoms with Gasteiger partial charge in [0.05, 0.1) is 0 Å². The van der Waals surface area contributed by atoms with Gasteiger partial charge in [-0.1, -0.05) is 60.7 Å². The van der Waals surface area contributed by atoms with Gasteiger partial charge in [0.2, 0.25) is 5.91 Å². The molecular weight excluding hydrogens is 272 g/mol. The minimum atomic E-state index is -0.0627. The zero-order chi connectivity index (χ0) is 14.9. The molecule has 1 unspecified atom stereocenters. The molecule has 1 atom stereocenters.